The van der Waals surface area contributed by atoms with Gasteiger partial charge in [-0.1, -0.05) is 0 Å². The predicted molar refractivity (Wildman–Crippen MR) is 70.1 cm³/mol. The Kier molecular flexibility index (Phi) is 4.00. The zero-order valence-corrected chi connectivity index (χ0v) is 12.0. The van der Waals surface area contributed by atoms with Crippen LogP contribution in [0, 0.1) is 6.92 Å². The molecule has 1 aromatic heterocycles. The highest BCUT2D eigenvalue weighted by molar-refractivity contribution is 7.89. The minimum absolute atomic E-state index is 0.151. The maximum atomic E-state index is 12.2. The summed E-state index contributed by atoms with van der Waals surface area (Å²) in [6, 6.07) is 1.47. The first-order valence-corrected chi connectivity index (χ1v) is 7.75. The van der Waals surface area contributed by atoms with Gasteiger partial charge in [-0.2, -0.15) is 0 Å². The van der Waals surface area contributed by atoms with Crippen LogP contribution in [-0.4, -0.2) is 27.7 Å². The summed E-state index contributed by atoms with van der Waals surface area (Å²) >= 11 is 0. The van der Waals surface area contributed by atoms with Gasteiger partial charge in [0.25, 0.3) is 0 Å². The van der Waals surface area contributed by atoms with Crippen molar-refractivity contribution in [2.24, 2.45) is 5.73 Å². The molecule has 0 bridgehead atoms. The van der Waals surface area contributed by atoms with Crippen molar-refractivity contribution in [3.05, 3.63) is 17.6 Å². The highest BCUT2D eigenvalue weighted by Gasteiger charge is 2.38. The van der Waals surface area contributed by atoms with Gasteiger partial charge in [-0.25, -0.2) is 13.1 Å². The Morgan fingerprint density at radius 3 is 2.63 bits per heavy atom. The van der Waals surface area contributed by atoms with Gasteiger partial charge in [0.15, 0.2) is 0 Å². The van der Waals surface area contributed by atoms with Crippen LogP contribution in [0.1, 0.15) is 30.8 Å². The molecule has 1 aliphatic carbocycles. The van der Waals surface area contributed by atoms with Gasteiger partial charge in [-0.3, -0.25) is 0 Å². The molecule has 3 N–H and O–H groups in total. The van der Waals surface area contributed by atoms with Gasteiger partial charge >= 0.3 is 0 Å². The van der Waals surface area contributed by atoms with Crippen molar-refractivity contribution in [3.8, 4) is 0 Å². The summed E-state index contributed by atoms with van der Waals surface area (Å²) in [5.41, 5.74) is 5.10. The summed E-state index contributed by atoms with van der Waals surface area (Å²) in [6.45, 7) is 2.08. The van der Waals surface area contributed by atoms with Gasteiger partial charge in [-0.15, -0.1) is 0 Å². The van der Waals surface area contributed by atoms with E-state index in [0.29, 0.717) is 11.5 Å². The molecule has 108 valence electrons. The van der Waals surface area contributed by atoms with Crippen molar-refractivity contribution in [2.45, 2.75) is 43.2 Å². The molecule has 1 fully saturated rings. The fraction of sp³-hybridized carbons (Fsp3) is 0.667. The lowest BCUT2D eigenvalue weighted by atomic mass is 9.80. The maximum Gasteiger partial charge on any atom is 0.244 e. The molecule has 0 spiro atoms. The number of methoxy groups -OCH3 is 1. The second kappa shape index (κ2) is 5.24. The summed E-state index contributed by atoms with van der Waals surface area (Å²) < 4.78 is 37.7. The lowest BCUT2D eigenvalue weighted by molar-refractivity contribution is -0.0659. The molecule has 0 atom stereocenters. The Hall–Kier alpha value is -0.890. The quantitative estimate of drug-likeness (QED) is 0.811. The fourth-order valence-electron chi connectivity index (χ4n) is 2.22. The Morgan fingerprint density at radius 2 is 2.21 bits per heavy atom. The second-order valence-corrected chi connectivity index (χ2v) is 6.64. The molecule has 0 saturated heterocycles. The highest BCUT2D eigenvalue weighted by atomic mass is 32.2. The largest absolute Gasteiger partial charge is 0.464 e. The van der Waals surface area contributed by atoms with Crippen LogP contribution in [0.15, 0.2) is 15.4 Å². The van der Waals surface area contributed by atoms with E-state index in [2.05, 4.69) is 4.72 Å². The minimum Gasteiger partial charge on any atom is -0.464 e. The summed E-state index contributed by atoms with van der Waals surface area (Å²) in [4.78, 5) is 0.151. The number of rotatable bonds is 6. The fourth-order valence-corrected chi connectivity index (χ4v) is 3.54. The number of hydrogen-bond acceptors (Lipinski definition) is 5. The number of furan rings is 1. The molecule has 7 heteroatoms. The summed E-state index contributed by atoms with van der Waals surface area (Å²) in [5, 5.41) is 0. The summed E-state index contributed by atoms with van der Waals surface area (Å²) in [5.74, 6) is 0.816. The van der Waals surface area contributed by atoms with Crippen molar-refractivity contribution in [2.75, 3.05) is 13.7 Å². The van der Waals surface area contributed by atoms with E-state index in [1.807, 2.05) is 0 Å². The molecule has 0 aliphatic heterocycles. The van der Waals surface area contributed by atoms with E-state index in [1.54, 1.807) is 14.0 Å². The molecule has 2 rings (SSSR count). The van der Waals surface area contributed by atoms with Gasteiger partial charge in [-0.05, 0) is 26.2 Å². The van der Waals surface area contributed by atoms with Crippen LogP contribution >= 0.6 is 0 Å². The first-order chi connectivity index (χ1) is 8.92. The first kappa shape index (κ1) is 14.5. The molecular formula is C12H20N2O4S. The smallest absolute Gasteiger partial charge is 0.244 e. The Morgan fingerprint density at radius 1 is 1.53 bits per heavy atom. The van der Waals surface area contributed by atoms with Crippen molar-refractivity contribution in [3.63, 3.8) is 0 Å². The monoisotopic (exact) mass is 288 g/mol. The molecule has 1 aliphatic rings. The molecule has 1 heterocycles. The first-order valence-electron chi connectivity index (χ1n) is 6.27. The molecule has 1 aromatic rings. The van der Waals surface area contributed by atoms with Crippen LogP contribution in [0.25, 0.3) is 0 Å². The number of sulfonamides is 1. The van der Waals surface area contributed by atoms with Gasteiger partial charge in [0.05, 0.1) is 12.1 Å². The van der Waals surface area contributed by atoms with Crippen LogP contribution in [-0.2, 0) is 21.3 Å². The van der Waals surface area contributed by atoms with Crippen molar-refractivity contribution >= 4 is 10.0 Å². The molecule has 0 amide bonds. The van der Waals surface area contributed by atoms with Crippen molar-refractivity contribution in [1.29, 1.82) is 0 Å². The van der Waals surface area contributed by atoms with Crippen LogP contribution in [0.2, 0.25) is 0 Å². The molecule has 0 aromatic carbocycles. The Balaban J connectivity index is 2.11. The third-order valence-electron chi connectivity index (χ3n) is 3.70. The maximum absolute atomic E-state index is 12.2. The average molecular weight is 288 g/mol. The minimum atomic E-state index is -3.58. The lowest BCUT2D eigenvalue weighted by Crippen LogP contribution is -2.49. The van der Waals surface area contributed by atoms with E-state index < -0.39 is 10.0 Å². The third kappa shape index (κ3) is 2.84. The number of nitrogens with two attached hydrogens (primary N) is 1. The lowest BCUT2D eigenvalue weighted by Gasteiger charge is -2.40. The molecular weight excluding hydrogens is 268 g/mol. The predicted octanol–water partition coefficient (Wildman–Crippen LogP) is 0.894. The molecule has 0 radical (unpaired) electrons. The van der Waals surface area contributed by atoms with E-state index in [0.717, 1.165) is 19.3 Å². The van der Waals surface area contributed by atoms with Crippen LogP contribution in [0.4, 0.5) is 0 Å². The van der Waals surface area contributed by atoms with E-state index >= 15 is 0 Å². The summed E-state index contributed by atoms with van der Waals surface area (Å²) in [7, 11) is -1.96. The standard InChI is InChI=1S/C12H20N2O4S/c1-9-11(6-10(7-13)18-9)19(15,16)14-8-12(17-2)4-3-5-12/h6,14H,3-5,7-8,13H2,1-2H3. The third-order valence-corrected chi connectivity index (χ3v) is 5.20. The number of nitrogens with one attached hydrogen (secondary N) is 1. The van der Waals surface area contributed by atoms with Crippen LogP contribution in [0.5, 0.6) is 0 Å². The van der Waals surface area contributed by atoms with Crippen molar-refractivity contribution < 1.29 is 17.6 Å². The Labute approximate surface area is 113 Å². The van der Waals surface area contributed by atoms with E-state index in [9.17, 15) is 8.42 Å². The SMILES string of the molecule is COC1(CNS(=O)(=O)c2cc(CN)oc2C)CCC1. The zero-order chi connectivity index (χ0) is 14.1. The van der Waals surface area contributed by atoms with Crippen LogP contribution < -0.4 is 10.5 Å². The molecule has 19 heavy (non-hydrogen) atoms. The second-order valence-electron chi connectivity index (χ2n) is 4.90. The number of aryl methyl sites for hydroxylation is 1. The topological polar surface area (TPSA) is 94.6 Å². The molecule has 0 unspecified atom stereocenters. The van der Waals surface area contributed by atoms with Gasteiger partial charge < -0.3 is 14.9 Å². The Bertz CT molecular complexity index is 541. The zero-order valence-electron chi connectivity index (χ0n) is 11.2. The average Bonchev–Trinajstić information content (AvgIpc) is 2.70. The number of hydrogen-bond donors (Lipinski definition) is 2. The van der Waals surface area contributed by atoms with E-state index in [1.165, 1.54) is 6.07 Å². The summed E-state index contributed by atoms with van der Waals surface area (Å²) in [6.07, 6.45) is 2.83. The molecule has 1 saturated carbocycles. The van der Waals surface area contributed by atoms with Crippen molar-refractivity contribution in [1.82, 2.24) is 4.72 Å². The number of ether oxygens (including phenoxy) is 1. The van der Waals surface area contributed by atoms with Gasteiger partial charge in [0, 0.05) is 19.7 Å². The van der Waals surface area contributed by atoms with Gasteiger partial charge in [0.1, 0.15) is 16.4 Å². The normalized spacial score (nSPS) is 18.3. The highest BCUT2D eigenvalue weighted by Crippen LogP contribution is 2.34. The molecule has 6 nitrogen and oxygen atoms in total. The van der Waals surface area contributed by atoms with Crippen LogP contribution in [0.3, 0.4) is 0 Å². The van der Waals surface area contributed by atoms with E-state index in [-0.39, 0.29) is 23.6 Å². The van der Waals surface area contributed by atoms with E-state index in [4.69, 9.17) is 14.9 Å². The van der Waals surface area contributed by atoms with Gasteiger partial charge in [0.2, 0.25) is 10.0 Å².